The smallest absolute Gasteiger partial charge is 0.420 e. The van der Waals surface area contributed by atoms with E-state index in [-0.39, 0.29) is 12.4 Å². The molecule has 162 valence electrons. The molecule has 2 heterocycles. The number of halogens is 3. The molecular weight excluding hydrogens is 411 g/mol. The number of hydrogen-bond acceptors (Lipinski definition) is 5. The van der Waals surface area contributed by atoms with E-state index in [0.717, 1.165) is 43.0 Å². The minimum atomic E-state index is -4.49. The molecule has 4 nitrogen and oxygen atoms in total. The van der Waals surface area contributed by atoms with Gasteiger partial charge < -0.3 is 10.1 Å². The molecule has 1 aliphatic rings. The molecule has 0 amide bonds. The van der Waals surface area contributed by atoms with Gasteiger partial charge in [0.05, 0.1) is 17.9 Å². The third-order valence-corrected chi connectivity index (χ3v) is 5.53. The predicted molar refractivity (Wildman–Crippen MR) is 117 cm³/mol. The number of allylic oxidation sites excluding steroid dienone is 1. The first kappa shape index (κ1) is 22.3. The van der Waals surface area contributed by atoms with Crippen LogP contribution in [0, 0.1) is 0 Å². The van der Waals surface area contributed by atoms with Crippen molar-refractivity contribution in [3.63, 3.8) is 0 Å². The number of nitrogens with one attached hydrogen (secondary N) is 1. The van der Waals surface area contributed by atoms with Crippen molar-refractivity contribution in [3.8, 4) is 5.75 Å². The van der Waals surface area contributed by atoms with Crippen LogP contribution >= 0.6 is 11.3 Å². The zero-order chi connectivity index (χ0) is 21.4. The van der Waals surface area contributed by atoms with E-state index < -0.39 is 11.7 Å². The van der Waals surface area contributed by atoms with E-state index in [1.54, 1.807) is 18.5 Å². The molecule has 1 N–H and O–H groups in total. The molecule has 1 aliphatic heterocycles. The summed E-state index contributed by atoms with van der Waals surface area (Å²) in [6.07, 6.45) is 6.09. The van der Waals surface area contributed by atoms with Crippen LogP contribution in [0.4, 0.5) is 24.0 Å². The Morgan fingerprint density at radius 1 is 1.13 bits per heavy atom. The highest BCUT2D eigenvalue weighted by Gasteiger charge is 2.34. The Kier molecular flexibility index (Phi) is 7.90. The van der Waals surface area contributed by atoms with Crippen molar-refractivity contribution in [2.45, 2.75) is 58.0 Å². The van der Waals surface area contributed by atoms with Gasteiger partial charge in [-0.25, -0.2) is 4.98 Å². The summed E-state index contributed by atoms with van der Waals surface area (Å²) in [5, 5.41) is 5.37. The highest BCUT2D eigenvalue weighted by Crippen LogP contribution is 2.39. The summed E-state index contributed by atoms with van der Waals surface area (Å²) in [5.74, 6) is -0.130. The SMILES string of the molecule is CCCCCCCCOc1ccc(Nc2nc(C3=CN=CC3)cs2)cc1C(F)(F)F. The lowest BCUT2D eigenvalue weighted by atomic mass is 10.1. The van der Waals surface area contributed by atoms with Gasteiger partial charge in [0.2, 0.25) is 0 Å². The number of unbranched alkanes of at least 4 members (excludes halogenated alkanes) is 5. The molecule has 30 heavy (non-hydrogen) atoms. The molecule has 0 fully saturated rings. The van der Waals surface area contributed by atoms with E-state index in [2.05, 4.69) is 22.2 Å². The van der Waals surface area contributed by atoms with Crippen LogP contribution in [0.1, 0.15) is 63.1 Å². The first-order valence-electron chi connectivity index (χ1n) is 10.2. The normalized spacial score (nSPS) is 13.5. The highest BCUT2D eigenvalue weighted by atomic mass is 32.1. The second-order valence-electron chi connectivity index (χ2n) is 7.18. The zero-order valence-electron chi connectivity index (χ0n) is 17.0. The van der Waals surface area contributed by atoms with Gasteiger partial charge >= 0.3 is 6.18 Å². The number of aliphatic imine (C=N–C) groups is 1. The fourth-order valence-electron chi connectivity index (χ4n) is 3.14. The quantitative estimate of drug-likeness (QED) is 0.371. The fraction of sp³-hybridized carbons (Fsp3) is 0.455. The summed E-state index contributed by atoms with van der Waals surface area (Å²) >= 11 is 1.34. The van der Waals surface area contributed by atoms with Crippen LogP contribution in [0.3, 0.4) is 0 Å². The van der Waals surface area contributed by atoms with Gasteiger partial charge in [-0.3, -0.25) is 4.99 Å². The maximum Gasteiger partial charge on any atom is 0.420 e. The predicted octanol–water partition coefficient (Wildman–Crippen LogP) is 7.46. The van der Waals surface area contributed by atoms with Crippen LogP contribution in [0.5, 0.6) is 5.75 Å². The van der Waals surface area contributed by atoms with E-state index >= 15 is 0 Å². The average Bonchev–Trinajstić information content (AvgIpc) is 3.39. The molecule has 8 heteroatoms. The maximum absolute atomic E-state index is 13.5. The van der Waals surface area contributed by atoms with Crippen molar-refractivity contribution < 1.29 is 17.9 Å². The van der Waals surface area contributed by atoms with Crippen LogP contribution in [-0.4, -0.2) is 17.8 Å². The minimum absolute atomic E-state index is 0.130. The maximum atomic E-state index is 13.5. The second-order valence-corrected chi connectivity index (χ2v) is 8.04. The number of hydrogen-bond donors (Lipinski definition) is 1. The lowest BCUT2D eigenvalue weighted by Crippen LogP contribution is -2.10. The summed E-state index contributed by atoms with van der Waals surface area (Å²) in [7, 11) is 0. The standard InChI is InChI=1S/C22H26F3N3OS/c1-2-3-4-5-6-7-12-29-20-9-8-17(13-18(20)22(23,24)25)27-21-28-19(15-30-21)16-10-11-26-14-16/h8-9,11,13-15H,2-7,10,12H2,1H3,(H,27,28). The molecule has 0 unspecified atom stereocenters. The lowest BCUT2D eigenvalue weighted by Gasteiger charge is -2.15. The molecule has 0 aliphatic carbocycles. The summed E-state index contributed by atoms with van der Waals surface area (Å²) in [6, 6.07) is 4.05. The van der Waals surface area contributed by atoms with Gasteiger partial charge in [0, 0.05) is 35.5 Å². The molecular formula is C22H26F3N3OS. The average molecular weight is 438 g/mol. The number of nitrogens with zero attached hydrogens (tertiary/aromatic N) is 2. The second kappa shape index (κ2) is 10.6. The lowest BCUT2D eigenvalue weighted by molar-refractivity contribution is -0.138. The van der Waals surface area contributed by atoms with E-state index in [0.29, 0.717) is 17.2 Å². The topological polar surface area (TPSA) is 46.5 Å². The number of rotatable bonds is 11. The summed E-state index contributed by atoms with van der Waals surface area (Å²) in [5.41, 5.74) is 1.33. The van der Waals surface area contributed by atoms with Gasteiger partial charge in [-0.15, -0.1) is 11.3 Å². The Balaban J connectivity index is 1.61. The molecule has 0 saturated carbocycles. The van der Waals surface area contributed by atoms with Gasteiger partial charge in [0.15, 0.2) is 5.13 Å². The third kappa shape index (κ3) is 6.32. The molecule has 0 saturated heterocycles. The molecule has 3 rings (SSSR count). The Bertz CT molecular complexity index is 890. The summed E-state index contributed by atoms with van der Waals surface area (Å²) < 4.78 is 46.1. The van der Waals surface area contributed by atoms with Crippen molar-refractivity contribution in [1.29, 1.82) is 0 Å². The summed E-state index contributed by atoms with van der Waals surface area (Å²) in [4.78, 5) is 8.49. The van der Waals surface area contributed by atoms with Crippen LogP contribution in [0.2, 0.25) is 0 Å². The van der Waals surface area contributed by atoms with E-state index in [1.807, 2.05) is 5.38 Å². The van der Waals surface area contributed by atoms with Gasteiger partial charge in [-0.1, -0.05) is 39.0 Å². The van der Waals surface area contributed by atoms with E-state index in [9.17, 15) is 13.2 Å². The highest BCUT2D eigenvalue weighted by molar-refractivity contribution is 7.13. The van der Waals surface area contributed by atoms with E-state index in [4.69, 9.17) is 4.74 Å². The Hall–Kier alpha value is -2.35. The number of thiazole rings is 1. The van der Waals surface area contributed by atoms with Gasteiger partial charge in [-0.05, 0) is 24.6 Å². The van der Waals surface area contributed by atoms with Crippen molar-refractivity contribution in [1.82, 2.24) is 4.98 Å². The first-order valence-corrected chi connectivity index (χ1v) is 11.1. The number of aromatic nitrogens is 1. The van der Waals surface area contributed by atoms with E-state index in [1.165, 1.54) is 30.2 Å². The van der Waals surface area contributed by atoms with Crippen molar-refractivity contribution >= 4 is 33.9 Å². The molecule has 1 aromatic carbocycles. The molecule has 0 spiro atoms. The fourth-order valence-corrected chi connectivity index (χ4v) is 3.89. The first-order chi connectivity index (χ1) is 14.5. The summed E-state index contributed by atoms with van der Waals surface area (Å²) in [6.45, 7) is 2.44. The van der Waals surface area contributed by atoms with Crippen LogP contribution < -0.4 is 10.1 Å². The number of alkyl halides is 3. The molecule has 0 atom stereocenters. The van der Waals surface area contributed by atoms with Crippen LogP contribution in [0.25, 0.3) is 5.57 Å². The largest absolute Gasteiger partial charge is 0.493 e. The zero-order valence-corrected chi connectivity index (χ0v) is 17.8. The van der Waals surface area contributed by atoms with Crippen LogP contribution in [-0.2, 0) is 6.18 Å². The Morgan fingerprint density at radius 2 is 1.93 bits per heavy atom. The Labute approximate surface area is 178 Å². The monoisotopic (exact) mass is 437 g/mol. The third-order valence-electron chi connectivity index (χ3n) is 4.77. The van der Waals surface area contributed by atoms with Crippen molar-refractivity contribution in [2.24, 2.45) is 4.99 Å². The molecule has 0 radical (unpaired) electrons. The van der Waals surface area contributed by atoms with Crippen molar-refractivity contribution in [2.75, 3.05) is 11.9 Å². The van der Waals surface area contributed by atoms with Crippen molar-refractivity contribution in [3.05, 3.63) is 41.0 Å². The van der Waals surface area contributed by atoms with Gasteiger partial charge in [-0.2, -0.15) is 13.2 Å². The number of ether oxygens (including phenoxy) is 1. The minimum Gasteiger partial charge on any atom is -0.493 e. The molecule has 2 aromatic rings. The molecule has 0 bridgehead atoms. The van der Waals surface area contributed by atoms with Gasteiger partial charge in [0.25, 0.3) is 0 Å². The molecule has 1 aromatic heterocycles. The number of anilines is 2. The van der Waals surface area contributed by atoms with Crippen LogP contribution in [0.15, 0.2) is 34.8 Å². The Morgan fingerprint density at radius 3 is 2.67 bits per heavy atom. The number of benzene rings is 1. The van der Waals surface area contributed by atoms with Gasteiger partial charge in [0.1, 0.15) is 5.75 Å².